The number of nitrogens with zero attached hydrogens (tertiary/aromatic N) is 2. The molecule has 1 fully saturated rings. The highest BCUT2D eigenvalue weighted by atomic mass is 79.9. The lowest BCUT2D eigenvalue weighted by molar-refractivity contribution is 0.401. The SMILES string of the molecule is COc1ccc(Br)cc1S(=O)(=O)C1CCN(c2nc(Cc3ccc(Cl)cc3Cl)cs2)CC1. The lowest BCUT2D eigenvalue weighted by atomic mass is 10.1. The van der Waals surface area contributed by atoms with Crippen LogP contribution < -0.4 is 9.64 Å². The zero-order chi connectivity index (χ0) is 22.9. The molecule has 5 nitrogen and oxygen atoms in total. The van der Waals surface area contributed by atoms with E-state index < -0.39 is 15.1 Å². The Balaban J connectivity index is 1.44. The Morgan fingerprint density at radius 3 is 2.62 bits per heavy atom. The number of thiazole rings is 1. The molecule has 2 aromatic carbocycles. The monoisotopic (exact) mass is 574 g/mol. The zero-order valence-electron chi connectivity index (χ0n) is 17.2. The van der Waals surface area contributed by atoms with Gasteiger partial charge in [0.05, 0.1) is 18.1 Å². The van der Waals surface area contributed by atoms with Crippen molar-refractivity contribution in [1.82, 2.24) is 4.98 Å². The van der Waals surface area contributed by atoms with Crippen LogP contribution >= 0.6 is 50.5 Å². The van der Waals surface area contributed by atoms with Crippen LogP contribution in [0.4, 0.5) is 5.13 Å². The minimum absolute atomic E-state index is 0.240. The Kier molecular flexibility index (Phi) is 7.36. The van der Waals surface area contributed by atoms with E-state index in [0.717, 1.165) is 16.4 Å². The van der Waals surface area contributed by atoms with Gasteiger partial charge in [0, 0.05) is 39.4 Å². The molecule has 0 radical (unpaired) electrons. The molecule has 1 aliphatic heterocycles. The van der Waals surface area contributed by atoms with Crippen LogP contribution in [0.15, 0.2) is 51.1 Å². The predicted octanol–water partition coefficient (Wildman–Crippen LogP) is 6.25. The average Bonchev–Trinajstić information content (AvgIpc) is 3.24. The van der Waals surface area contributed by atoms with Crippen molar-refractivity contribution in [1.29, 1.82) is 0 Å². The summed E-state index contributed by atoms with van der Waals surface area (Å²) in [6.45, 7) is 1.27. The molecular formula is C22H21BrCl2N2O3S2. The lowest BCUT2D eigenvalue weighted by Crippen LogP contribution is -2.39. The highest BCUT2D eigenvalue weighted by molar-refractivity contribution is 9.10. The van der Waals surface area contributed by atoms with E-state index in [1.807, 2.05) is 17.5 Å². The van der Waals surface area contributed by atoms with Gasteiger partial charge >= 0.3 is 0 Å². The topological polar surface area (TPSA) is 59.5 Å². The summed E-state index contributed by atoms with van der Waals surface area (Å²) in [5, 5.41) is 3.71. The van der Waals surface area contributed by atoms with Crippen molar-refractivity contribution in [3.05, 3.63) is 67.6 Å². The van der Waals surface area contributed by atoms with E-state index in [4.69, 9.17) is 32.9 Å². The number of aromatic nitrogens is 1. The summed E-state index contributed by atoms with van der Waals surface area (Å²) in [5.74, 6) is 0.376. The molecule has 0 atom stereocenters. The van der Waals surface area contributed by atoms with Gasteiger partial charge in [-0.05, 0) is 48.7 Å². The molecule has 10 heteroatoms. The predicted molar refractivity (Wildman–Crippen MR) is 134 cm³/mol. The number of ether oxygens (including phenoxy) is 1. The molecule has 32 heavy (non-hydrogen) atoms. The Bertz CT molecular complexity index is 1230. The number of anilines is 1. The van der Waals surface area contributed by atoms with Gasteiger partial charge in [-0.25, -0.2) is 13.4 Å². The Labute approximate surface area is 210 Å². The first-order valence-electron chi connectivity index (χ1n) is 9.98. The molecule has 0 aliphatic carbocycles. The molecule has 0 N–H and O–H groups in total. The van der Waals surface area contributed by atoms with Crippen LogP contribution in [-0.2, 0) is 16.3 Å². The van der Waals surface area contributed by atoms with Gasteiger partial charge in [0.15, 0.2) is 15.0 Å². The maximum atomic E-state index is 13.3. The van der Waals surface area contributed by atoms with Crippen molar-refractivity contribution in [3.63, 3.8) is 0 Å². The second kappa shape index (κ2) is 9.89. The molecule has 0 bridgehead atoms. The van der Waals surface area contributed by atoms with Crippen LogP contribution in [0.3, 0.4) is 0 Å². The summed E-state index contributed by atoms with van der Waals surface area (Å²) in [6, 6.07) is 10.5. The third-order valence-electron chi connectivity index (χ3n) is 5.51. The molecule has 0 amide bonds. The van der Waals surface area contributed by atoms with E-state index in [1.54, 1.807) is 35.6 Å². The fourth-order valence-electron chi connectivity index (χ4n) is 3.79. The van der Waals surface area contributed by atoms with Crippen LogP contribution in [0.25, 0.3) is 0 Å². The smallest absolute Gasteiger partial charge is 0.185 e. The molecular weight excluding hydrogens is 555 g/mol. The lowest BCUT2D eigenvalue weighted by Gasteiger charge is -2.31. The van der Waals surface area contributed by atoms with Gasteiger partial charge in [0.25, 0.3) is 0 Å². The summed E-state index contributed by atoms with van der Waals surface area (Å²) >= 11 is 17.2. The van der Waals surface area contributed by atoms with Crippen LogP contribution in [-0.4, -0.2) is 38.9 Å². The molecule has 0 unspecified atom stereocenters. The van der Waals surface area contributed by atoms with Crippen molar-refractivity contribution >= 4 is 65.4 Å². The van der Waals surface area contributed by atoms with Crippen molar-refractivity contribution in [3.8, 4) is 5.75 Å². The third kappa shape index (κ3) is 5.09. The van der Waals surface area contributed by atoms with E-state index in [-0.39, 0.29) is 4.90 Å². The van der Waals surface area contributed by atoms with Gasteiger partial charge in [0.2, 0.25) is 0 Å². The Hall–Kier alpha value is -1.32. The maximum Gasteiger partial charge on any atom is 0.185 e. The number of halogens is 3. The number of piperidine rings is 1. The fraction of sp³-hybridized carbons (Fsp3) is 0.318. The summed E-state index contributed by atoms with van der Waals surface area (Å²) in [4.78, 5) is 7.15. The number of hydrogen-bond acceptors (Lipinski definition) is 6. The van der Waals surface area contributed by atoms with Crippen LogP contribution in [0.5, 0.6) is 5.75 Å². The number of hydrogen-bond donors (Lipinski definition) is 0. The first-order valence-corrected chi connectivity index (χ1v) is 14.0. The number of methoxy groups -OCH3 is 1. The number of benzene rings is 2. The van der Waals surface area contributed by atoms with Crippen molar-refractivity contribution < 1.29 is 13.2 Å². The number of rotatable bonds is 6. The third-order valence-corrected chi connectivity index (χ3v) is 9.82. The summed E-state index contributed by atoms with van der Waals surface area (Å²) < 4.78 is 32.6. The van der Waals surface area contributed by atoms with E-state index in [1.165, 1.54) is 7.11 Å². The minimum Gasteiger partial charge on any atom is -0.495 e. The summed E-state index contributed by atoms with van der Waals surface area (Å²) in [5.41, 5.74) is 1.91. The van der Waals surface area contributed by atoms with Crippen molar-refractivity contribution in [2.24, 2.45) is 0 Å². The summed E-state index contributed by atoms with van der Waals surface area (Å²) in [6.07, 6.45) is 1.70. The number of sulfone groups is 1. The molecule has 170 valence electrons. The van der Waals surface area contributed by atoms with E-state index in [0.29, 0.717) is 52.6 Å². The molecule has 3 aromatic rings. The highest BCUT2D eigenvalue weighted by Crippen LogP contribution is 2.35. The molecule has 1 saturated heterocycles. The van der Waals surface area contributed by atoms with E-state index in [2.05, 4.69) is 20.8 Å². The minimum atomic E-state index is -3.50. The zero-order valence-corrected chi connectivity index (χ0v) is 22.0. The average molecular weight is 576 g/mol. The van der Waals surface area contributed by atoms with Gasteiger partial charge in [-0.1, -0.05) is 45.2 Å². The molecule has 0 spiro atoms. The fourth-order valence-corrected chi connectivity index (χ4v) is 7.57. The van der Waals surface area contributed by atoms with Crippen LogP contribution in [0.2, 0.25) is 10.0 Å². The quantitative estimate of drug-likeness (QED) is 0.347. The van der Waals surface area contributed by atoms with Crippen molar-refractivity contribution in [2.45, 2.75) is 29.4 Å². The van der Waals surface area contributed by atoms with Gasteiger partial charge in [-0.2, -0.15) is 0 Å². The molecule has 1 aliphatic rings. The standard InChI is InChI=1S/C22H21BrCl2N2O3S2/c1-30-20-5-3-15(23)11-21(20)32(28,29)18-6-8-27(9-7-18)22-26-17(13-31-22)10-14-2-4-16(24)12-19(14)25/h2-5,11-13,18H,6-10H2,1H3. The van der Waals surface area contributed by atoms with E-state index >= 15 is 0 Å². The molecule has 4 rings (SSSR count). The van der Waals surface area contributed by atoms with Crippen molar-refractivity contribution in [2.75, 3.05) is 25.1 Å². The van der Waals surface area contributed by atoms with E-state index in [9.17, 15) is 8.42 Å². The van der Waals surface area contributed by atoms with Gasteiger partial charge < -0.3 is 9.64 Å². The second-order valence-electron chi connectivity index (χ2n) is 7.56. The van der Waals surface area contributed by atoms with Crippen LogP contribution in [0.1, 0.15) is 24.1 Å². The molecule has 0 saturated carbocycles. The molecule has 2 heterocycles. The first kappa shape index (κ1) is 23.8. The highest BCUT2D eigenvalue weighted by Gasteiger charge is 2.34. The maximum absolute atomic E-state index is 13.3. The van der Waals surface area contributed by atoms with Gasteiger partial charge in [-0.15, -0.1) is 11.3 Å². The second-order valence-corrected chi connectivity index (χ2v) is 12.4. The molecule has 1 aromatic heterocycles. The first-order chi connectivity index (χ1) is 15.3. The largest absolute Gasteiger partial charge is 0.495 e. The van der Waals surface area contributed by atoms with Crippen LogP contribution in [0, 0.1) is 0 Å². The summed E-state index contributed by atoms with van der Waals surface area (Å²) in [7, 11) is -2.01. The van der Waals surface area contributed by atoms with Gasteiger partial charge in [-0.3, -0.25) is 0 Å². The normalized spacial score (nSPS) is 15.2. The van der Waals surface area contributed by atoms with Gasteiger partial charge in [0.1, 0.15) is 10.6 Å². The Morgan fingerprint density at radius 2 is 1.94 bits per heavy atom. The Morgan fingerprint density at radius 1 is 1.19 bits per heavy atom.